The monoisotopic (exact) mass is 354 g/mol. The summed E-state index contributed by atoms with van der Waals surface area (Å²) < 4.78 is 23.3. The largest absolute Gasteiger partial charge is 0.364 e. The number of hydrogen-bond acceptors (Lipinski definition) is 6. The van der Waals surface area contributed by atoms with Gasteiger partial charge in [0.15, 0.2) is 14.8 Å². The van der Waals surface area contributed by atoms with E-state index in [2.05, 4.69) is 5.32 Å². The summed E-state index contributed by atoms with van der Waals surface area (Å²) in [6.45, 7) is 3.95. The zero-order valence-corrected chi connectivity index (χ0v) is 14.7. The minimum absolute atomic E-state index is 0.00883. The maximum absolute atomic E-state index is 11.6. The predicted molar refractivity (Wildman–Crippen MR) is 91.9 cm³/mol. The standard InChI is InChI=1S/C15H18N2O4S2/c1-4-12(11-7-5-10(2)6-8-11)16-15-13(17(18)19)9-14(22-15)23(3,20)21/h5-9,12,16H,4H2,1-3H3. The first-order chi connectivity index (χ1) is 10.7. The van der Waals surface area contributed by atoms with Crippen LogP contribution in [0, 0.1) is 17.0 Å². The van der Waals surface area contributed by atoms with Crippen LogP contribution in [-0.4, -0.2) is 19.6 Å². The van der Waals surface area contributed by atoms with E-state index in [-0.39, 0.29) is 20.9 Å². The van der Waals surface area contributed by atoms with Gasteiger partial charge in [0.05, 0.1) is 11.0 Å². The van der Waals surface area contributed by atoms with E-state index in [4.69, 9.17) is 0 Å². The number of nitro groups is 1. The fourth-order valence-electron chi connectivity index (χ4n) is 2.16. The summed E-state index contributed by atoms with van der Waals surface area (Å²) in [5.74, 6) is 0. The van der Waals surface area contributed by atoms with Crippen molar-refractivity contribution in [2.24, 2.45) is 0 Å². The zero-order valence-electron chi connectivity index (χ0n) is 13.1. The second kappa shape index (κ2) is 6.67. The molecule has 6 nitrogen and oxygen atoms in total. The average molecular weight is 354 g/mol. The highest BCUT2D eigenvalue weighted by atomic mass is 32.2. The third-order valence-corrected chi connectivity index (χ3v) is 6.30. The van der Waals surface area contributed by atoms with Crippen molar-refractivity contribution in [1.29, 1.82) is 0 Å². The Morgan fingerprint density at radius 2 is 1.91 bits per heavy atom. The summed E-state index contributed by atoms with van der Waals surface area (Å²) in [5.41, 5.74) is 1.92. The molecule has 1 heterocycles. The van der Waals surface area contributed by atoms with Crippen LogP contribution in [0.1, 0.15) is 30.5 Å². The molecule has 2 rings (SSSR count). The summed E-state index contributed by atoms with van der Waals surface area (Å²) in [7, 11) is -3.48. The van der Waals surface area contributed by atoms with Crippen molar-refractivity contribution in [2.45, 2.75) is 30.5 Å². The normalized spacial score (nSPS) is 12.8. The van der Waals surface area contributed by atoms with Crippen LogP contribution < -0.4 is 5.32 Å². The van der Waals surface area contributed by atoms with Crippen molar-refractivity contribution in [3.8, 4) is 0 Å². The third-order valence-electron chi connectivity index (χ3n) is 3.45. The van der Waals surface area contributed by atoms with Gasteiger partial charge in [0, 0.05) is 12.3 Å². The molecule has 23 heavy (non-hydrogen) atoms. The van der Waals surface area contributed by atoms with Crippen LogP contribution in [0.25, 0.3) is 0 Å². The zero-order chi connectivity index (χ0) is 17.2. The Labute approximate surface area is 139 Å². The van der Waals surface area contributed by atoms with Gasteiger partial charge in [-0.05, 0) is 18.9 Å². The molecule has 0 fully saturated rings. The number of nitrogens with one attached hydrogen (secondary N) is 1. The first-order valence-corrected chi connectivity index (χ1v) is 9.74. The summed E-state index contributed by atoms with van der Waals surface area (Å²) >= 11 is 0.896. The van der Waals surface area contributed by atoms with Crippen LogP contribution in [0.2, 0.25) is 0 Å². The molecule has 0 amide bonds. The fourth-order valence-corrected chi connectivity index (χ4v) is 4.15. The Kier molecular flexibility index (Phi) is 5.06. The smallest absolute Gasteiger partial charge is 0.304 e. The first-order valence-electron chi connectivity index (χ1n) is 7.03. The van der Waals surface area contributed by atoms with Gasteiger partial charge in [0.2, 0.25) is 0 Å². The van der Waals surface area contributed by atoms with E-state index < -0.39 is 14.8 Å². The Morgan fingerprint density at radius 3 is 2.39 bits per heavy atom. The maximum atomic E-state index is 11.6. The van der Waals surface area contributed by atoms with Crippen molar-refractivity contribution in [3.05, 3.63) is 51.6 Å². The van der Waals surface area contributed by atoms with Gasteiger partial charge in [-0.1, -0.05) is 48.1 Å². The van der Waals surface area contributed by atoms with E-state index in [1.54, 1.807) is 0 Å². The molecule has 8 heteroatoms. The highest BCUT2D eigenvalue weighted by molar-refractivity contribution is 7.92. The lowest BCUT2D eigenvalue weighted by Crippen LogP contribution is -2.09. The lowest BCUT2D eigenvalue weighted by atomic mass is 10.0. The lowest BCUT2D eigenvalue weighted by Gasteiger charge is -2.17. The summed E-state index contributed by atoms with van der Waals surface area (Å²) in [4.78, 5) is 10.6. The molecule has 1 N–H and O–H groups in total. The molecule has 1 aromatic heterocycles. The quantitative estimate of drug-likeness (QED) is 0.627. The van der Waals surface area contributed by atoms with Crippen molar-refractivity contribution in [3.63, 3.8) is 0 Å². The van der Waals surface area contributed by atoms with Crippen LogP contribution in [0.15, 0.2) is 34.5 Å². The molecule has 0 spiro atoms. The minimum atomic E-state index is -3.48. The van der Waals surface area contributed by atoms with E-state index in [1.807, 2.05) is 38.1 Å². The molecule has 0 saturated carbocycles. The Morgan fingerprint density at radius 1 is 1.30 bits per heavy atom. The van der Waals surface area contributed by atoms with Crippen LogP contribution in [0.4, 0.5) is 10.7 Å². The van der Waals surface area contributed by atoms with Gasteiger partial charge in [-0.2, -0.15) is 0 Å². The Balaban J connectivity index is 2.38. The second-order valence-corrected chi connectivity index (χ2v) is 8.62. The van der Waals surface area contributed by atoms with Crippen molar-refractivity contribution in [1.82, 2.24) is 0 Å². The molecule has 1 atom stereocenters. The number of aryl methyl sites for hydroxylation is 1. The molecule has 0 aliphatic rings. The molecule has 1 unspecified atom stereocenters. The molecule has 2 aromatic rings. The van der Waals surface area contributed by atoms with E-state index in [0.29, 0.717) is 6.42 Å². The van der Waals surface area contributed by atoms with Gasteiger partial charge >= 0.3 is 5.69 Å². The molecule has 1 aromatic carbocycles. The number of anilines is 1. The highest BCUT2D eigenvalue weighted by Crippen LogP contribution is 2.39. The van der Waals surface area contributed by atoms with E-state index in [0.717, 1.165) is 34.8 Å². The van der Waals surface area contributed by atoms with Gasteiger partial charge in [-0.15, -0.1) is 0 Å². The van der Waals surface area contributed by atoms with Crippen LogP contribution in [0.5, 0.6) is 0 Å². The molecule has 0 bridgehead atoms. The Bertz CT molecular complexity index is 811. The number of benzene rings is 1. The molecule has 0 radical (unpaired) electrons. The Hall–Kier alpha value is -1.93. The van der Waals surface area contributed by atoms with Crippen LogP contribution >= 0.6 is 11.3 Å². The number of hydrogen-bond donors (Lipinski definition) is 1. The van der Waals surface area contributed by atoms with E-state index in [9.17, 15) is 18.5 Å². The molecule has 0 aliphatic carbocycles. The van der Waals surface area contributed by atoms with Crippen LogP contribution in [0.3, 0.4) is 0 Å². The van der Waals surface area contributed by atoms with Crippen molar-refractivity contribution < 1.29 is 13.3 Å². The SMILES string of the molecule is CCC(Nc1sc(S(C)(=O)=O)cc1[N+](=O)[O-])c1ccc(C)cc1. The van der Waals surface area contributed by atoms with Crippen molar-refractivity contribution in [2.75, 3.05) is 11.6 Å². The number of thiophene rings is 1. The number of rotatable bonds is 6. The molecule has 124 valence electrons. The lowest BCUT2D eigenvalue weighted by molar-refractivity contribution is -0.383. The van der Waals surface area contributed by atoms with Gasteiger partial charge in [-0.25, -0.2) is 8.42 Å². The molecule has 0 saturated heterocycles. The van der Waals surface area contributed by atoms with Gasteiger partial charge in [0.1, 0.15) is 4.21 Å². The number of sulfone groups is 1. The third kappa shape index (κ3) is 4.08. The molecule has 0 aliphatic heterocycles. The fraction of sp³-hybridized carbons (Fsp3) is 0.333. The highest BCUT2D eigenvalue weighted by Gasteiger charge is 2.25. The number of nitrogens with zero attached hydrogens (tertiary/aromatic N) is 1. The minimum Gasteiger partial charge on any atom is -0.364 e. The van der Waals surface area contributed by atoms with Crippen molar-refractivity contribution >= 4 is 31.9 Å². The van der Waals surface area contributed by atoms with Gasteiger partial charge < -0.3 is 5.32 Å². The van der Waals surface area contributed by atoms with E-state index >= 15 is 0 Å². The maximum Gasteiger partial charge on any atom is 0.304 e. The molecular formula is C15H18N2O4S2. The predicted octanol–water partition coefficient (Wildman–Crippen LogP) is 3.93. The second-order valence-electron chi connectivity index (χ2n) is 5.32. The summed E-state index contributed by atoms with van der Waals surface area (Å²) in [6, 6.07) is 8.88. The first kappa shape index (κ1) is 17.4. The van der Waals surface area contributed by atoms with Gasteiger partial charge in [0.25, 0.3) is 0 Å². The molecular weight excluding hydrogens is 336 g/mol. The summed E-state index contributed by atoms with van der Waals surface area (Å²) in [5, 5.41) is 14.6. The topological polar surface area (TPSA) is 89.3 Å². The van der Waals surface area contributed by atoms with E-state index in [1.165, 1.54) is 0 Å². The average Bonchev–Trinajstić information content (AvgIpc) is 2.90. The summed E-state index contributed by atoms with van der Waals surface area (Å²) in [6.07, 6.45) is 1.76. The van der Waals surface area contributed by atoms with Gasteiger partial charge in [-0.3, -0.25) is 10.1 Å². The van der Waals surface area contributed by atoms with Crippen LogP contribution in [-0.2, 0) is 9.84 Å².